The van der Waals surface area contributed by atoms with E-state index in [0.29, 0.717) is 18.1 Å². The first kappa shape index (κ1) is 20.8. The van der Waals surface area contributed by atoms with Crippen LogP contribution in [-0.4, -0.2) is 37.6 Å². The van der Waals surface area contributed by atoms with Gasteiger partial charge in [0, 0.05) is 27.2 Å². The molecule has 2 aromatic carbocycles. The van der Waals surface area contributed by atoms with Gasteiger partial charge < -0.3 is 19.7 Å². The van der Waals surface area contributed by atoms with Gasteiger partial charge in [0.1, 0.15) is 0 Å². The molecule has 0 bridgehead atoms. The molecule has 2 aromatic rings. The number of aryl methyl sites for hydroxylation is 1. The molecule has 1 atom stereocenters. The molecule has 5 heteroatoms. The van der Waals surface area contributed by atoms with Crippen molar-refractivity contribution < 1.29 is 14.3 Å². The number of likely N-dealkylation sites (N-methyl/N-ethyl adjacent to an activating group) is 1. The summed E-state index contributed by atoms with van der Waals surface area (Å²) in [4.78, 5) is 13.6. The third kappa shape index (κ3) is 6.29. The molecule has 0 saturated carbocycles. The standard InChI is InChI=1S/C22H30N2O3/c1-6-26-21-13-19(15-23-14-18-9-7-16(2)8-10-18)11-12-20(21)27-17(3)22(25)24(4)5/h7-13,17,23H,6,14-15H2,1-5H3. The summed E-state index contributed by atoms with van der Waals surface area (Å²) in [5.74, 6) is 1.16. The molecule has 0 spiro atoms. The summed E-state index contributed by atoms with van der Waals surface area (Å²) in [5.41, 5.74) is 3.61. The zero-order valence-corrected chi connectivity index (χ0v) is 16.9. The van der Waals surface area contributed by atoms with E-state index in [9.17, 15) is 4.79 Å². The van der Waals surface area contributed by atoms with Crippen LogP contribution in [0.4, 0.5) is 0 Å². The predicted octanol–water partition coefficient (Wildman–Crippen LogP) is 3.54. The van der Waals surface area contributed by atoms with Crippen LogP contribution in [0.3, 0.4) is 0 Å². The third-order valence-electron chi connectivity index (χ3n) is 4.18. The van der Waals surface area contributed by atoms with Gasteiger partial charge in [0.2, 0.25) is 0 Å². The van der Waals surface area contributed by atoms with E-state index in [1.807, 2.05) is 25.1 Å². The summed E-state index contributed by atoms with van der Waals surface area (Å²) in [6, 6.07) is 14.3. The molecule has 1 N–H and O–H groups in total. The Balaban J connectivity index is 2.00. The molecule has 27 heavy (non-hydrogen) atoms. The number of ether oxygens (including phenoxy) is 2. The number of nitrogens with zero attached hydrogens (tertiary/aromatic N) is 1. The van der Waals surface area contributed by atoms with Gasteiger partial charge in [0.05, 0.1) is 6.61 Å². The highest BCUT2D eigenvalue weighted by Gasteiger charge is 2.18. The van der Waals surface area contributed by atoms with Gasteiger partial charge in [-0.25, -0.2) is 0 Å². The van der Waals surface area contributed by atoms with Crippen molar-refractivity contribution in [1.82, 2.24) is 10.2 Å². The number of benzene rings is 2. The average molecular weight is 370 g/mol. The fourth-order valence-electron chi connectivity index (χ4n) is 2.69. The lowest BCUT2D eigenvalue weighted by molar-refractivity contribution is -0.135. The third-order valence-corrected chi connectivity index (χ3v) is 4.18. The van der Waals surface area contributed by atoms with Crippen molar-refractivity contribution in [3.05, 3.63) is 59.2 Å². The Morgan fingerprint density at radius 3 is 2.30 bits per heavy atom. The molecule has 0 radical (unpaired) electrons. The first-order chi connectivity index (χ1) is 12.9. The molecule has 0 heterocycles. The molecule has 0 aromatic heterocycles. The largest absolute Gasteiger partial charge is 0.490 e. The van der Waals surface area contributed by atoms with Crippen molar-refractivity contribution in [2.24, 2.45) is 0 Å². The van der Waals surface area contributed by atoms with Gasteiger partial charge in [0.15, 0.2) is 17.6 Å². The summed E-state index contributed by atoms with van der Waals surface area (Å²) in [6.07, 6.45) is -0.565. The number of carbonyl (C=O) groups is 1. The van der Waals surface area contributed by atoms with Gasteiger partial charge in [-0.3, -0.25) is 4.79 Å². The molecule has 0 aliphatic heterocycles. The number of hydrogen-bond donors (Lipinski definition) is 1. The summed E-state index contributed by atoms with van der Waals surface area (Å²) in [7, 11) is 3.43. The maximum Gasteiger partial charge on any atom is 0.262 e. The zero-order valence-electron chi connectivity index (χ0n) is 16.9. The number of nitrogens with one attached hydrogen (secondary N) is 1. The Morgan fingerprint density at radius 2 is 1.67 bits per heavy atom. The van der Waals surface area contributed by atoms with Gasteiger partial charge in [-0.15, -0.1) is 0 Å². The van der Waals surface area contributed by atoms with Crippen molar-refractivity contribution >= 4 is 5.91 Å². The zero-order chi connectivity index (χ0) is 19.8. The van der Waals surface area contributed by atoms with Crippen LogP contribution >= 0.6 is 0 Å². The van der Waals surface area contributed by atoms with Crippen LogP contribution in [-0.2, 0) is 17.9 Å². The van der Waals surface area contributed by atoms with Gasteiger partial charge in [-0.05, 0) is 44.0 Å². The Morgan fingerprint density at radius 1 is 1.04 bits per heavy atom. The molecule has 5 nitrogen and oxygen atoms in total. The van der Waals surface area contributed by atoms with Crippen LogP contribution < -0.4 is 14.8 Å². The van der Waals surface area contributed by atoms with Crippen molar-refractivity contribution in [3.63, 3.8) is 0 Å². The second-order valence-corrected chi connectivity index (χ2v) is 6.80. The minimum Gasteiger partial charge on any atom is -0.490 e. The van der Waals surface area contributed by atoms with E-state index in [-0.39, 0.29) is 5.91 Å². The lowest BCUT2D eigenvalue weighted by Crippen LogP contribution is -2.35. The van der Waals surface area contributed by atoms with Crippen LogP contribution in [0.25, 0.3) is 0 Å². The molecule has 0 saturated heterocycles. The SMILES string of the molecule is CCOc1cc(CNCc2ccc(C)cc2)ccc1OC(C)C(=O)N(C)C. The lowest BCUT2D eigenvalue weighted by Gasteiger charge is -2.20. The van der Waals surface area contributed by atoms with Crippen molar-refractivity contribution in [3.8, 4) is 11.5 Å². The highest BCUT2D eigenvalue weighted by Crippen LogP contribution is 2.29. The van der Waals surface area contributed by atoms with Gasteiger partial charge in [-0.1, -0.05) is 35.9 Å². The first-order valence-corrected chi connectivity index (χ1v) is 9.30. The average Bonchev–Trinajstić information content (AvgIpc) is 2.64. The van der Waals surface area contributed by atoms with Crippen LogP contribution in [0.2, 0.25) is 0 Å². The van der Waals surface area contributed by atoms with Gasteiger partial charge in [0.25, 0.3) is 5.91 Å². The summed E-state index contributed by atoms with van der Waals surface area (Å²) < 4.78 is 11.5. The molecule has 0 fully saturated rings. The normalized spacial score (nSPS) is 11.7. The summed E-state index contributed by atoms with van der Waals surface area (Å²) >= 11 is 0. The van der Waals surface area contributed by atoms with Crippen LogP contribution in [0.1, 0.15) is 30.5 Å². The fraction of sp³-hybridized carbons (Fsp3) is 0.409. The Labute approximate surface area is 162 Å². The maximum atomic E-state index is 12.0. The highest BCUT2D eigenvalue weighted by molar-refractivity contribution is 5.80. The Bertz CT molecular complexity index is 742. The van der Waals surface area contributed by atoms with Crippen LogP contribution in [0.5, 0.6) is 11.5 Å². The second kappa shape index (κ2) is 9.97. The topological polar surface area (TPSA) is 50.8 Å². The van der Waals surface area contributed by atoms with Crippen LogP contribution in [0, 0.1) is 6.92 Å². The fourth-order valence-corrected chi connectivity index (χ4v) is 2.69. The van der Waals surface area contributed by atoms with Crippen molar-refractivity contribution in [2.45, 2.75) is 40.0 Å². The molecule has 1 amide bonds. The van der Waals surface area contributed by atoms with E-state index in [1.54, 1.807) is 21.0 Å². The number of hydrogen-bond acceptors (Lipinski definition) is 4. The molecule has 0 aliphatic rings. The number of carbonyl (C=O) groups excluding carboxylic acids is 1. The minimum atomic E-state index is -0.565. The lowest BCUT2D eigenvalue weighted by atomic mass is 10.1. The number of amides is 1. The second-order valence-electron chi connectivity index (χ2n) is 6.80. The minimum absolute atomic E-state index is 0.0821. The van der Waals surface area contributed by atoms with E-state index in [4.69, 9.17) is 9.47 Å². The maximum absolute atomic E-state index is 12.0. The molecule has 1 unspecified atom stereocenters. The van der Waals surface area contributed by atoms with Gasteiger partial charge in [-0.2, -0.15) is 0 Å². The van der Waals surface area contributed by atoms with Crippen molar-refractivity contribution in [2.75, 3.05) is 20.7 Å². The quantitative estimate of drug-likeness (QED) is 0.734. The van der Waals surface area contributed by atoms with E-state index in [0.717, 1.165) is 18.7 Å². The van der Waals surface area contributed by atoms with E-state index >= 15 is 0 Å². The Kier molecular flexibility index (Phi) is 7.67. The molecule has 2 rings (SSSR count). The van der Waals surface area contributed by atoms with Crippen LogP contribution in [0.15, 0.2) is 42.5 Å². The summed E-state index contributed by atoms with van der Waals surface area (Å²) in [6.45, 7) is 7.82. The molecule has 0 aliphatic carbocycles. The first-order valence-electron chi connectivity index (χ1n) is 9.30. The molecule has 146 valence electrons. The molecular weight excluding hydrogens is 340 g/mol. The Hall–Kier alpha value is -2.53. The van der Waals surface area contributed by atoms with Crippen molar-refractivity contribution in [1.29, 1.82) is 0 Å². The smallest absolute Gasteiger partial charge is 0.262 e. The highest BCUT2D eigenvalue weighted by atomic mass is 16.5. The predicted molar refractivity (Wildman–Crippen MR) is 108 cm³/mol. The number of rotatable bonds is 9. The van der Waals surface area contributed by atoms with E-state index in [2.05, 4.69) is 36.5 Å². The van der Waals surface area contributed by atoms with E-state index < -0.39 is 6.10 Å². The van der Waals surface area contributed by atoms with E-state index in [1.165, 1.54) is 16.0 Å². The monoisotopic (exact) mass is 370 g/mol. The summed E-state index contributed by atoms with van der Waals surface area (Å²) in [5, 5.41) is 3.44. The molecular formula is C22H30N2O3. The van der Waals surface area contributed by atoms with Gasteiger partial charge >= 0.3 is 0 Å².